The maximum absolute atomic E-state index is 12.9. The van der Waals surface area contributed by atoms with Crippen LogP contribution in [0, 0.1) is 0 Å². The molecule has 212 valence electrons. The van der Waals surface area contributed by atoms with Gasteiger partial charge in [0.25, 0.3) is 0 Å². The number of aromatic nitrogens is 1. The van der Waals surface area contributed by atoms with Crippen LogP contribution in [0.25, 0.3) is 10.9 Å². The van der Waals surface area contributed by atoms with E-state index in [1.165, 1.54) is 0 Å². The summed E-state index contributed by atoms with van der Waals surface area (Å²) in [6.45, 7) is 1.68. The molecule has 0 amide bonds. The number of carbonyl (C=O) groups is 2. The molecular formula is C36H35N3O3. The number of aliphatic hydroxyl groups excluding tert-OH is 1. The highest BCUT2D eigenvalue weighted by atomic mass is 16.3. The summed E-state index contributed by atoms with van der Waals surface area (Å²) in [4.78, 5) is 28.0. The molecule has 4 aromatic carbocycles. The van der Waals surface area contributed by atoms with Crippen molar-refractivity contribution >= 4 is 39.5 Å². The molecule has 1 fully saturated rings. The first-order chi connectivity index (χ1) is 20.4. The van der Waals surface area contributed by atoms with Crippen LogP contribution < -0.4 is 10.2 Å². The number of ketones is 2. The summed E-state index contributed by atoms with van der Waals surface area (Å²) >= 11 is 0. The van der Waals surface area contributed by atoms with Crippen molar-refractivity contribution in [1.29, 1.82) is 0 Å². The fourth-order valence-electron chi connectivity index (χ4n) is 5.57. The van der Waals surface area contributed by atoms with Gasteiger partial charge in [0.05, 0.1) is 6.10 Å². The lowest BCUT2D eigenvalue weighted by molar-refractivity contribution is 0.0985. The molecule has 0 aliphatic carbocycles. The molecule has 6 heteroatoms. The second-order valence-electron chi connectivity index (χ2n) is 11.2. The van der Waals surface area contributed by atoms with Crippen LogP contribution in [0.2, 0.25) is 0 Å². The molecule has 1 aromatic heterocycles. The zero-order valence-corrected chi connectivity index (χ0v) is 23.8. The van der Waals surface area contributed by atoms with Gasteiger partial charge >= 0.3 is 0 Å². The van der Waals surface area contributed by atoms with Gasteiger partial charge < -0.3 is 19.9 Å². The maximum Gasteiger partial charge on any atom is 0.167 e. The zero-order chi connectivity index (χ0) is 29.1. The first kappa shape index (κ1) is 27.5. The number of fused-ring (bicyclic) bond motifs is 1. The molecule has 0 radical (unpaired) electrons. The quantitative estimate of drug-likeness (QED) is 0.197. The molecule has 0 bridgehead atoms. The molecule has 0 spiro atoms. The molecule has 0 atom stereocenters. The van der Waals surface area contributed by atoms with E-state index in [0.29, 0.717) is 18.4 Å². The van der Waals surface area contributed by atoms with Crippen LogP contribution in [0.3, 0.4) is 0 Å². The minimum atomic E-state index is -0.201. The molecule has 0 saturated carbocycles. The van der Waals surface area contributed by atoms with Crippen LogP contribution in [0.4, 0.5) is 17.1 Å². The Morgan fingerprint density at radius 1 is 0.738 bits per heavy atom. The van der Waals surface area contributed by atoms with Crippen molar-refractivity contribution < 1.29 is 14.7 Å². The van der Waals surface area contributed by atoms with E-state index in [1.54, 1.807) is 0 Å². The number of aliphatic hydroxyl groups is 1. The predicted molar refractivity (Wildman–Crippen MR) is 169 cm³/mol. The molecule has 2 N–H and O–H groups in total. The number of hydrogen-bond donors (Lipinski definition) is 2. The lowest BCUT2D eigenvalue weighted by atomic mass is 10.0. The van der Waals surface area contributed by atoms with Gasteiger partial charge in [-0.25, -0.2) is 0 Å². The number of carbonyl (C=O) groups excluding carboxylic acids is 2. The van der Waals surface area contributed by atoms with Crippen LogP contribution in [-0.4, -0.2) is 40.4 Å². The largest absolute Gasteiger partial charge is 0.393 e. The van der Waals surface area contributed by atoms with Crippen LogP contribution in [0.15, 0.2) is 103 Å². The summed E-state index contributed by atoms with van der Waals surface area (Å²) in [5.41, 5.74) is 7.37. The van der Waals surface area contributed by atoms with Gasteiger partial charge in [-0.3, -0.25) is 9.59 Å². The summed E-state index contributed by atoms with van der Waals surface area (Å²) in [7, 11) is 1.99. The lowest BCUT2D eigenvalue weighted by Gasteiger charge is -2.31. The molecule has 1 aliphatic rings. The average molecular weight is 558 g/mol. The first-order valence-corrected chi connectivity index (χ1v) is 14.5. The van der Waals surface area contributed by atoms with Crippen molar-refractivity contribution in [2.24, 2.45) is 7.05 Å². The van der Waals surface area contributed by atoms with Crippen molar-refractivity contribution in [1.82, 2.24) is 4.57 Å². The Labute approximate surface area is 246 Å². The molecule has 0 unspecified atom stereocenters. The molecular weight excluding hydrogens is 522 g/mol. The van der Waals surface area contributed by atoms with Gasteiger partial charge in [-0.15, -0.1) is 0 Å². The third kappa shape index (κ3) is 6.29. The summed E-state index contributed by atoms with van der Waals surface area (Å²) in [6.07, 6.45) is 4.06. The molecule has 1 aliphatic heterocycles. The van der Waals surface area contributed by atoms with E-state index in [4.69, 9.17) is 0 Å². The molecule has 6 nitrogen and oxygen atoms in total. The Balaban J connectivity index is 1.01. The zero-order valence-electron chi connectivity index (χ0n) is 23.8. The Morgan fingerprint density at radius 3 is 1.88 bits per heavy atom. The second kappa shape index (κ2) is 12.0. The summed E-state index contributed by atoms with van der Waals surface area (Å²) < 4.78 is 2.03. The van der Waals surface area contributed by atoms with E-state index in [-0.39, 0.29) is 17.7 Å². The van der Waals surface area contributed by atoms with Crippen LogP contribution in [0.5, 0.6) is 0 Å². The number of aryl methyl sites for hydroxylation is 1. The van der Waals surface area contributed by atoms with E-state index in [9.17, 15) is 14.7 Å². The fraction of sp³-hybridized carbons (Fsp3) is 0.222. The number of anilines is 3. The van der Waals surface area contributed by atoms with E-state index >= 15 is 0 Å². The van der Waals surface area contributed by atoms with E-state index in [2.05, 4.69) is 10.2 Å². The number of nitrogens with one attached hydrogen (secondary N) is 1. The Hall–Kier alpha value is -4.68. The molecule has 1 saturated heterocycles. The van der Waals surface area contributed by atoms with Crippen LogP contribution in [-0.2, 0) is 19.9 Å². The fourth-order valence-corrected chi connectivity index (χ4v) is 5.57. The Morgan fingerprint density at radius 2 is 1.29 bits per heavy atom. The van der Waals surface area contributed by atoms with Gasteiger partial charge in [-0.2, -0.15) is 0 Å². The van der Waals surface area contributed by atoms with Gasteiger partial charge in [0.2, 0.25) is 0 Å². The summed E-state index contributed by atoms with van der Waals surface area (Å²) in [5.74, 6) is 0.188. The van der Waals surface area contributed by atoms with Crippen LogP contribution >= 0.6 is 0 Å². The third-order valence-corrected chi connectivity index (χ3v) is 8.15. The minimum Gasteiger partial charge on any atom is -0.393 e. The SMILES string of the molecule is Cn1ccc2ccc(C(=O)Cc3ccc(Nc4ccc(CC(=O)c5ccc(N6CCC(O)CC6)cc5)cc4)cc3)cc21. The van der Waals surface area contributed by atoms with Gasteiger partial charge in [0.1, 0.15) is 0 Å². The molecule has 2 heterocycles. The molecule has 5 aromatic rings. The predicted octanol–water partition coefficient (Wildman–Crippen LogP) is 6.73. The monoisotopic (exact) mass is 557 g/mol. The highest BCUT2D eigenvalue weighted by molar-refractivity contribution is 6.00. The van der Waals surface area contributed by atoms with E-state index < -0.39 is 0 Å². The smallest absolute Gasteiger partial charge is 0.167 e. The molecule has 42 heavy (non-hydrogen) atoms. The van der Waals surface area contributed by atoms with Crippen LogP contribution in [0.1, 0.15) is 44.7 Å². The number of nitrogens with zero attached hydrogens (tertiary/aromatic N) is 2. The van der Waals surface area contributed by atoms with Gasteiger partial charge in [-0.1, -0.05) is 36.4 Å². The average Bonchev–Trinajstić information content (AvgIpc) is 3.39. The minimum absolute atomic E-state index is 0.0880. The van der Waals surface area contributed by atoms with Crippen molar-refractivity contribution in [2.45, 2.75) is 31.8 Å². The normalized spacial score (nSPS) is 13.8. The molecule has 6 rings (SSSR count). The highest BCUT2D eigenvalue weighted by Gasteiger charge is 2.17. The lowest BCUT2D eigenvalue weighted by Crippen LogP contribution is -2.35. The highest BCUT2D eigenvalue weighted by Crippen LogP contribution is 2.23. The Kier molecular flexibility index (Phi) is 7.89. The van der Waals surface area contributed by atoms with Crippen molar-refractivity contribution in [3.05, 3.63) is 126 Å². The third-order valence-electron chi connectivity index (χ3n) is 8.15. The Bertz CT molecular complexity index is 1700. The van der Waals surface area contributed by atoms with E-state index in [0.717, 1.165) is 70.6 Å². The number of hydrogen-bond acceptors (Lipinski definition) is 5. The summed E-state index contributed by atoms with van der Waals surface area (Å²) in [6, 6.07) is 31.6. The number of rotatable bonds is 9. The van der Waals surface area contributed by atoms with Gasteiger partial charge in [-0.05, 0) is 90.0 Å². The van der Waals surface area contributed by atoms with Crippen molar-refractivity contribution in [3.63, 3.8) is 0 Å². The van der Waals surface area contributed by atoms with Crippen molar-refractivity contribution in [2.75, 3.05) is 23.3 Å². The van der Waals surface area contributed by atoms with Crippen molar-refractivity contribution in [3.8, 4) is 0 Å². The maximum atomic E-state index is 12.9. The number of piperidine rings is 1. The number of Topliss-reactive ketones (excluding diaryl/α,β-unsaturated/α-hetero) is 2. The van der Waals surface area contributed by atoms with Gasteiger partial charge in [0.15, 0.2) is 11.6 Å². The first-order valence-electron chi connectivity index (χ1n) is 14.5. The standard InChI is InChI=1S/C36H35N3O3/c1-38-19-16-27-6-7-29(24-34(27)38)36(42)23-26-4-12-31(13-5-26)37-30-10-2-25(3-11-30)22-35(41)28-8-14-32(15-9-28)39-20-17-33(40)18-21-39/h2-16,19,24,33,37,40H,17-18,20-23H2,1H3. The van der Waals surface area contributed by atoms with Gasteiger partial charge in [0, 0.05) is 72.9 Å². The summed E-state index contributed by atoms with van der Waals surface area (Å²) in [5, 5.41) is 14.3. The topological polar surface area (TPSA) is 74.6 Å². The number of benzene rings is 4. The van der Waals surface area contributed by atoms with E-state index in [1.807, 2.05) is 115 Å². The second-order valence-corrected chi connectivity index (χ2v) is 11.2.